The van der Waals surface area contributed by atoms with E-state index >= 15 is 0 Å². The number of esters is 1. The second-order valence-corrected chi connectivity index (χ2v) is 3.51. The minimum absolute atomic E-state index is 0.0997. The summed E-state index contributed by atoms with van der Waals surface area (Å²) < 4.78 is 55.0. The van der Waals surface area contributed by atoms with E-state index in [0.717, 1.165) is 0 Å². The molecule has 0 aliphatic heterocycles. The highest BCUT2D eigenvalue weighted by atomic mass is 19.3. The third-order valence-corrected chi connectivity index (χ3v) is 2.21. The van der Waals surface area contributed by atoms with Gasteiger partial charge in [-0.2, -0.15) is 17.6 Å². The Kier molecular flexibility index (Phi) is 2.82. The highest BCUT2D eigenvalue weighted by Crippen LogP contribution is 2.51. The predicted molar refractivity (Wildman–Crippen MR) is 44.2 cm³/mol. The molecule has 3 nitrogen and oxygen atoms in total. The quantitative estimate of drug-likeness (QED) is 0.427. The minimum Gasteiger partial charge on any atom is -0.462 e. The number of Topliss-reactive ketones (excluding diaryl/α,β-unsaturated/α-hetero) is 1. The second kappa shape index (κ2) is 3.57. The number of ether oxygens (including phenoxy) is 1. The number of carbonyl (C=O) groups excluding carboxylic acids is 2. The summed E-state index contributed by atoms with van der Waals surface area (Å²) in [5, 5.41) is 0. The molecule has 0 spiro atoms. The fourth-order valence-electron chi connectivity index (χ4n) is 1.18. The van der Waals surface area contributed by atoms with Crippen LogP contribution in [-0.4, -0.2) is 30.2 Å². The normalized spacial score (nSPS) is 22.4. The molecule has 0 atom stereocenters. The van der Waals surface area contributed by atoms with E-state index in [9.17, 15) is 27.2 Å². The molecule has 0 heterocycles. The van der Waals surface area contributed by atoms with E-state index in [2.05, 4.69) is 11.3 Å². The zero-order valence-electron chi connectivity index (χ0n) is 8.23. The van der Waals surface area contributed by atoms with Gasteiger partial charge in [-0.25, -0.2) is 4.79 Å². The molecule has 1 aliphatic rings. The Morgan fingerprint density at radius 1 is 1.38 bits per heavy atom. The lowest BCUT2D eigenvalue weighted by Gasteiger charge is -2.40. The molecule has 1 fully saturated rings. The summed E-state index contributed by atoms with van der Waals surface area (Å²) in [4.78, 5) is 21.1. The van der Waals surface area contributed by atoms with Gasteiger partial charge < -0.3 is 4.74 Å². The van der Waals surface area contributed by atoms with Crippen LogP contribution < -0.4 is 0 Å². The summed E-state index contributed by atoms with van der Waals surface area (Å²) in [6.07, 6.45) is 0. The third kappa shape index (κ3) is 1.70. The van der Waals surface area contributed by atoms with Gasteiger partial charge in [0.1, 0.15) is 12.5 Å². The predicted octanol–water partition coefficient (Wildman–Crippen LogP) is 1.58. The molecule has 0 amide bonds. The van der Waals surface area contributed by atoms with Crippen LogP contribution in [-0.2, 0) is 14.3 Å². The van der Waals surface area contributed by atoms with Gasteiger partial charge >= 0.3 is 17.8 Å². The van der Waals surface area contributed by atoms with Gasteiger partial charge in [0.05, 0.1) is 0 Å². The third-order valence-electron chi connectivity index (χ3n) is 2.21. The number of hydrogen-bond acceptors (Lipinski definition) is 3. The molecule has 0 unspecified atom stereocenters. The van der Waals surface area contributed by atoms with Crippen molar-refractivity contribution in [2.45, 2.75) is 18.8 Å². The zero-order valence-corrected chi connectivity index (χ0v) is 8.23. The van der Waals surface area contributed by atoms with E-state index in [1.165, 1.54) is 6.92 Å². The van der Waals surface area contributed by atoms with Gasteiger partial charge in [-0.1, -0.05) is 6.58 Å². The Morgan fingerprint density at radius 3 is 2.19 bits per heavy atom. The first-order chi connectivity index (χ1) is 7.11. The number of halogens is 4. The van der Waals surface area contributed by atoms with Gasteiger partial charge in [0, 0.05) is 5.57 Å². The lowest BCUT2D eigenvalue weighted by molar-refractivity contribution is -0.254. The number of hydrogen-bond donors (Lipinski definition) is 0. The molecule has 1 aliphatic carbocycles. The average Bonchev–Trinajstić information content (AvgIpc) is 2.15. The molecular weight excluding hydrogens is 232 g/mol. The van der Waals surface area contributed by atoms with Gasteiger partial charge in [-0.3, -0.25) is 4.79 Å². The largest absolute Gasteiger partial charge is 0.462 e. The van der Waals surface area contributed by atoms with Crippen LogP contribution in [0.25, 0.3) is 0 Å². The van der Waals surface area contributed by atoms with Crippen molar-refractivity contribution < 1.29 is 31.9 Å². The van der Waals surface area contributed by atoms with E-state index in [0.29, 0.717) is 0 Å². The van der Waals surface area contributed by atoms with Crippen LogP contribution in [0.4, 0.5) is 17.6 Å². The maximum absolute atomic E-state index is 12.7. The first kappa shape index (κ1) is 12.7. The van der Waals surface area contributed by atoms with Crippen molar-refractivity contribution in [3.8, 4) is 0 Å². The van der Waals surface area contributed by atoms with Gasteiger partial charge in [0.2, 0.25) is 0 Å². The van der Waals surface area contributed by atoms with E-state index in [1.54, 1.807) is 0 Å². The topological polar surface area (TPSA) is 43.4 Å². The smallest absolute Gasteiger partial charge is 0.333 e. The average molecular weight is 240 g/mol. The molecule has 1 rings (SSSR count). The fraction of sp³-hybridized carbons (Fsp3) is 0.556. The van der Waals surface area contributed by atoms with Crippen molar-refractivity contribution in [1.82, 2.24) is 0 Å². The molecule has 0 aromatic heterocycles. The number of alkyl halides is 4. The Labute approximate surface area is 88.1 Å². The van der Waals surface area contributed by atoms with Crippen LogP contribution in [0.5, 0.6) is 0 Å². The van der Waals surface area contributed by atoms with Crippen LogP contribution >= 0.6 is 0 Å². The SMILES string of the molecule is C=C(C)C(=O)OCC1C(F)(F)C(=O)C1(F)F. The first-order valence-electron chi connectivity index (χ1n) is 4.25. The van der Waals surface area contributed by atoms with Crippen molar-refractivity contribution in [2.24, 2.45) is 5.92 Å². The number of ketones is 1. The minimum atomic E-state index is -4.14. The lowest BCUT2D eigenvalue weighted by atomic mass is 9.75. The summed E-state index contributed by atoms with van der Waals surface area (Å²) in [7, 11) is 0. The second-order valence-electron chi connectivity index (χ2n) is 3.51. The molecule has 0 N–H and O–H groups in total. The molecule has 7 heteroatoms. The first-order valence-corrected chi connectivity index (χ1v) is 4.25. The van der Waals surface area contributed by atoms with Crippen LogP contribution in [0.3, 0.4) is 0 Å². The molecule has 90 valence electrons. The Balaban J connectivity index is 2.65. The van der Waals surface area contributed by atoms with Gasteiger partial charge in [-0.05, 0) is 6.92 Å². The summed E-state index contributed by atoms with van der Waals surface area (Å²) in [5.74, 6) is -14.4. The van der Waals surface area contributed by atoms with Gasteiger partial charge in [0.15, 0.2) is 0 Å². The fourth-order valence-corrected chi connectivity index (χ4v) is 1.18. The molecule has 0 saturated heterocycles. The number of rotatable bonds is 3. The Morgan fingerprint density at radius 2 is 1.81 bits per heavy atom. The highest BCUT2D eigenvalue weighted by Gasteiger charge is 2.77. The summed E-state index contributed by atoms with van der Waals surface area (Å²) in [5.41, 5.74) is -0.0997. The van der Waals surface area contributed by atoms with Crippen molar-refractivity contribution in [3.05, 3.63) is 12.2 Å². The molecule has 0 radical (unpaired) electrons. The maximum atomic E-state index is 12.7. The van der Waals surface area contributed by atoms with Crippen molar-refractivity contribution in [2.75, 3.05) is 6.61 Å². The van der Waals surface area contributed by atoms with E-state index in [1.807, 2.05) is 0 Å². The molecular formula is C9H8F4O3. The standard InChI is InChI=1S/C9H8F4O3/c1-4(2)6(14)16-3-5-8(10,11)7(15)9(5,12)13/h5H,1,3H2,2H3. The molecule has 1 saturated carbocycles. The van der Waals surface area contributed by atoms with Gasteiger partial charge in [0.25, 0.3) is 5.78 Å². The van der Waals surface area contributed by atoms with Crippen LogP contribution in [0.1, 0.15) is 6.92 Å². The van der Waals surface area contributed by atoms with Crippen molar-refractivity contribution in [1.29, 1.82) is 0 Å². The monoisotopic (exact) mass is 240 g/mol. The van der Waals surface area contributed by atoms with Crippen LogP contribution in [0.15, 0.2) is 12.2 Å². The summed E-state index contributed by atoms with van der Waals surface area (Å²) in [6, 6.07) is 0. The number of carbonyl (C=O) groups is 2. The van der Waals surface area contributed by atoms with Crippen LogP contribution in [0.2, 0.25) is 0 Å². The molecule has 16 heavy (non-hydrogen) atoms. The van der Waals surface area contributed by atoms with Gasteiger partial charge in [-0.15, -0.1) is 0 Å². The highest BCUT2D eigenvalue weighted by molar-refractivity contribution is 5.99. The van der Waals surface area contributed by atoms with Crippen LogP contribution in [0, 0.1) is 5.92 Å². The van der Waals surface area contributed by atoms with E-state index < -0.39 is 36.1 Å². The Hall–Kier alpha value is -1.40. The zero-order chi connectivity index (χ0) is 12.7. The summed E-state index contributed by atoms with van der Waals surface area (Å²) in [6.45, 7) is 3.18. The summed E-state index contributed by atoms with van der Waals surface area (Å²) >= 11 is 0. The molecule has 0 bridgehead atoms. The molecule has 0 aromatic rings. The Bertz CT molecular complexity index is 344. The maximum Gasteiger partial charge on any atom is 0.333 e. The van der Waals surface area contributed by atoms with E-state index in [-0.39, 0.29) is 5.57 Å². The van der Waals surface area contributed by atoms with Crippen molar-refractivity contribution >= 4 is 11.8 Å². The lowest BCUT2D eigenvalue weighted by Crippen LogP contribution is -2.68. The molecule has 0 aromatic carbocycles. The van der Waals surface area contributed by atoms with E-state index in [4.69, 9.17) is 0 Å². The van der Waals surface area contributed by atoms with Crippen molar-refractivity contribution in [3.63, 3.8) is 0 Å².